The highest BCUT2D eigenvalue weighted by atomic mass is 32.2. The summed E-state index contributed by atoms with van der Waals surface area (Å²) >= 11 is 1.83. The third-order valence-corrected chi connectivity index (χ3v) is 6.06. The first-order valence-corrected chi connectivity index (χ1v) is 12.8. The van der Waals surface area contributed by atoms with Gasteiger partial charge in [0.2, 0.25) is 0 Å². The molecule has 0 bridgehead atoms. The molecule has 0 fully saturated rings. The highest BCUT2D eigenvalue weighted by molar-refractivity contribution is 8.03. The standard InChI is InChI=1S/C17H34SSi/c1-5-6-7-8-9-10-11-12-13-14-15-18-16-17-19(2,3)4/h5-13,16-17H2,1-4H3. The molecule has 0 saturated carbocycles. The normalized spacial score (nSPS) is 11.2. The Balaban J connectivity index is 3.18. The summed E-state index contributed by atoms with van der Waals surface area (Å²) in [7, 11) is -0.846. The van der Waals surface area contributed by atoms with Crippen molar-refractivity contribution in [2.75, 3.05) is 5.75 Å². The van der Waals surface area contributed by atoms with Crippen LogP contribution in [0.3, 0.4) is 0 Å². The molecular formula is C17H34SSi. The van der Waals surface area contributed by atoms with Crippen molar-refractivity contribution in [2.24, 2.45) is 0 Å². The Morgan fingerprint density at radius 1 is 0.842 bits per heavy atom. The lowest BCUT2D eigenvalue weighted by Crippen LogP contribution is -2.19. The highest BCUT2D eigenvalue weighted by Gasteiger charge is 2.11. The zero-order valence-corrected chi connectivity index (χ0v) is 15.5. The Labute approximate surface area is 127 Å². The zero-order chi connectivity index (χ0) is 14.4. The SMILES string of the molecule is CCCCCCCCCCC#CSCC[Si](C)(C)C. The third kappa shape index (κ3) is 18.1. The first-order chi connectivity index (χ1) is 9.06. The smallest absolute Gasteiger partial charge is 0.0451 e. The molecule has 0 rings (SSSR count). The number of hydrogen-bond donors (Lipinski definition) is 0. The number of unbranched alkanes of at least 4 members (excludes halogenated alkanes) is 8. The van der Waals surface area contributed by atoms with Gasteiger partial charge in [-0.2, -0.15) is 0 Å². The Kier molecular flexibility index (Phi) is 13.2. The minimum absolute atomic E-state index is 0.846. The number of hydrogen-bond acceptors (Lipinski definition) is 1. The lowest BCUT2D eigenvalue weighted by atomic mass is 10.1. The van der Waals surface area contributed by atoms with Crippen LogP contribution in [0.4, 0.5) is 0 Å². The van der Waals surface area contributed by atoms with E-state index in [1.54, 1.807) is 0 Å². The Morgan fingerprint density at radius 3 is 2.00 bits per heavy atom. The molecule has 0 spiro atoms. The molecule has 0 atom stereocenters. The second kappa shape index (κ2) is 13.1. The summed E-state index contributed by atoms with van der Waals surface area (Å²) in [5.74, 6) is 4.55. The molecule has 2 heteroatoms. The van der Waals surface area contributed by atoms with Crippen LogP contribution in [0.25, 0.3) is 0 Å². The van der Waals surface area contributed by atoms with E-state index < -0.39 is 8.07 Å². The van der Waals surface area contributed by atoms with E-state index in [1.807, 2.05) is 11.8 Å². The fourth-order valence-electron chi connectivity index (χ4n) is 1.86. The van der Waals surface area contributed by atoms with Crippen molar-refractivity contribution in [1.82, 2.24) is 0 Å². The molecule has 0 amide bonds. The van der Waals surface area contributed by atoms with Crippen LogP contribution in [-0.4, -0.2) is 13.8 Å². The zero-order valence-electron chi connectivity index (χ0n) is 13.7. The van der Waals surface area contributed by atoms with Crippen molar-refractivity contribution in [3.8, 4) is 11.2 Å². The Morgan fingerprint density at radius 2 is 1.42 bits per heavy atom. The molecule has 0 aromatic heterocycles. The topological polar surface area (TPSA) is 0 Å². The van der Waals surface area contributed by atoms with Gasteiger partial charge in [0, 0.05) is 20.2 Å². The third-order valence-electron chi connectivity index (χ3n) is 3.25. The van der Waals surface area contributed by atoms with E-state index >= 15 is 0 Å². The molecule has 0 aromatic rings. The molecule has 0 radical (unpaired) electrons. The Bertz CT molecular complexity index is 244. The van der Waals surface area contributed by atoms with Crippen molar-refractivity contribution < 1.29 is 0 Å². The quantitative estimate of drug-likeness (QED) is 0.237. The predicted octanol–water partition coefficient (Wildman–Crippen LogP) is 6.55. The van der Waals surface area contributed by atoms with Gasteiger partial charge in [0.15, 0.2) is 0 Å². The van der Waals surface area contributed by atoms with E-state index in [-0.39, 0.29) is 0 Å². The predicted molar refractivity (Wildman–Crippen MR) is 95.6 cm³/mol. The van der Waals surface area contributed by atoms with Crippen molar-refractivity contribution in [1.29, 1.82) is 0 Å². The van der Waals surface area contributed by atoms with Crippen LogP contribution in [0.1, 0.15) is 64.7 Å². The average molecular weight is 299 g/mol. The van der Waals surface area contributed by atoms with Crippen LogP contribution in [0.15, 0.2) is 0 Å². The average Bonchev–Trinajstić information content (AvgIpc) is 2.34. The number of rotatable bonds is 11. The molecular weight excluding hydrogens is 264 g/mol. The molecule has 0 heterocycles. The van der Waals surface area contributed by atoms with Crippen molar-refractivity contribution in [2.45, 2.75) is 90.4 Å². The fraction of sp³-hybridized carbons (Fsp3) is 0.882. The molecule has 0 aliphatic rings. The van der Waals surface area contributed by atoms with Gasteiger partial charge in [-0.05, 0) is 17.7 Å². The molecule has 0 aliphatic carbocycles. The number of thioether (sulfide) groups is 1. The molecule has 0 unspecified atom stereocenters. The molecule has 19 heavy (non-hydrogen) atoms. The van der Waals surface area contributed by atoms with Gasteiger partial charge in [0.25, 0.3) is 0 Å². The van der Waals surface area contributed by atoms with Crippen LogP contribution in [0, 0.1) is 11.2 Å². The molecule has 0 saturated heterocycles. The maximum absolute atomic E-state index is 3.31. The van der Waals surface area contributed by atoms with Crippen molar-refractivity contribution >= 4 is 19.8 Å². The second-order valence-corrected chi connectivity index (χ2v) is 13.2. The molecule has 0 nitrogen and oxygen atoms in total. The van der Waals surface area contributed by atoms with Gasteiger partial charge in [0.1, 0.15) is 0 Å². The van der Waals surface area contributed by atoms with E-state index in [1.165, 1.54) is 63.2 Å². The van der Waals surface area contributed by atoms with Crippen LogP contribution in [0.2, 0.25) is 25.7 Å². The van der Waals surface area contributed by atoms with E-state index in [0.717, 1.165) is 6.42 Å². The lowest BCUT2D eigenvalue weighted by molar-refractivity contribution is 0.579. The van der Waals surface area contributed by atoms with Gasteiger partial charge in [-0.3, -0.25) is 0 Å². The molecule has 112 valence electrons. The summed E-state index contributed by atoms with van der Waals surface area (Å²) in [6.45, 7) is 9.57. The first-order valence-electron chi connectivity index (χ1n) is 8.16. The summed E-state index contributed by atoms with van der Waals surface area (Å²) < 4.78 is 0. The summed E-state index contributed by atoms with van der Waals surface area (Å²) in [4.78, 5) is 0. The van der Waals surface area contributed by atoms with E-state index in [0.29, 0.717) is 0 Å². The van der Waals surface area contributed by atoms with Gasteiger partial charge < -0.3 is 0 Å². The van der Waals surface area contributed by atoms with Crippen LogP contribution < -0.4 is 0 Å². The maximum Gasteiger partial charge on any atom is 0.0451 e. The largest absolute Gasteiger partial charge is 0.0913 e. The van der Waals surface area contributed by atoms with E-state index in [2.05, 4.69) is 37.7 Å². The van der Waals surface area contributed by atoms with E-state index in [4.69, 9.17) is 0 Å². The minimum Gasteiger partial charge on any atom is -0.0913 e. The summed E-state index contributed by atoms with van der Waals surface area (Å²) in [5, 5.41) is 3.27. The first kappa shape index (κ1) is 19.1. The van der Waals surface area contributed by atoms with Gasteiger partial charge in [-0.15, -0.1) is 0 Å². The van der Waals surface area contributed by atoms with Gasteiger partial charge in [0.05, 0.1) is 0 Å². The van der Waals surface area contributed by atoms with Gasteiger partial charge >= 0.3 is 0 Å². The second-order valence-electron chi connectivity index (χ2n) is 6.66. The van der Waals surface area contributed by atoms with Crippen molar-refractivity contribution in [3.05, 3.63) is 0 Å². The van der Waals surface area contributed by atoms with Crippen molar-refractivity contribution in [3.63, 3.8) is 0 Å². The fourth-order valence-corrected chi connectivity index (χ4v) is 5.02. The maximum atomic E-state index is 3.31. The van der Waals surface area contributed by atoms with E-state index in [9.17, 15) is 0 Å². The lowest BCUT2D eigenvalue weighted by Gasteiger charge is -2.13. The molecule has 0 N–H and O–H groups in total. The van der Waals surface area contributed by atoms with Crippen LogP contribution in [0.5, 0.6) is 0 Å². The summed E-state index contributed by atoms with van der Waals surface area (Å²) in [6.07, 6.45) is 12.3. The summed E-state index contributed by atoms with van der Waals surface area (Å²) in [6, 6.07) is 1.39. The van der Waals surface area contributed by atoms with Crippen LogP contribution >= 0.6 is 11.8 Å². The summed E-state index contributed by atoms with van der Waals surface area (Å²) in [5.41, 5.74) is 0. The molecule has 0 aliphatic heterocycles. The van der Waals surface area contributed by atoms with Gasteiger partial charge in [-0.1, -0.05) is 89.2 Å². The van der Waals surface area contributed by atoms with Crippen LogP contribution in [-0.2, 0) is 0 Å². The monoisotopic (exact) mass is 298 g/mol. The minimum atomic E-state index is -0.846. The Hall–Kier alpha value is 0.127. The van der Waals surface area contributed by atoms with Gasteiger partial charge in [-0.25, -0.2) is 0 Å². The molecule has 0 aromatic carbocycles. The highest BCUT2D eigenvalue weighted by Crippen LogP contribution is 2.13.